The summed E-state index contributed by atoms with van der Waals surface area (Å²) in [5.74, 6) is 0.308. The Morgan fingerprint density at radius 1 is 1.34 bits per heavy atom. The van der Waals surface area contributed by atoms with Crippen molar-refractivity contribution in [3.05, 3.63) is 24.8 Å². The molecule has 166 valence electrons. The zero-order chi connectivity index (χ0) is 21.4. The summed E-state index contributed by atoms with van der Waals surface area (Å²) in [6.07, 6.45) is 12.5. The number of carbonyl (C=O) groups excluding carboxylic acids is 1. The van der Waals surface area contributed by atoms with Crippen molar-refractivity contribution < 1.29 is 24.9 Å². The van der Waals surface area contributed by atoms with Crippen molar-refractivity contribution in [3.8, 4) is 0 Å². The number of rotatable bonds is 13. The van der Waals surface area contributed by atoms with E-state index in [2.05, 4.69) is 36.1 Å². The Bertz CT molecular complexity index is 565. The van der Waals surface area contributed by atoms with Crippen LogP contribution in [0.1, 0.15) is 64.7 Å². The van der Waals surface area contributed by atoms with Crippen LogP contribution in [-0.4, -0.2) is 55.5 Å². The fourth-order valence-corrected chi connectivity index (χ4v) is 5.57. The number of hydrogen-bond donors (Lipinski definition) is 3. The first-order valence-electron chi connectivity index (χ1n) is 11.0. The van der Waals surface area contributed by atoms with Gasteiger partial charge < -0.3 is 20.1 Å². The average molecular weight is 520 g/mol. The second-order valence-corrected chi connectivity index (χ2v) is 10.3. The van der Waals surface area contributed by atoms with Gasteiger partial charge >= 0.3 is 0 Å². The smallest absolute Gasteiger partial charge is 0.180 e. The molecule has 0 bridgehead atoms. The molecule has 1 aliphatic heterocycles. The quantitative estimate of drug-likeness (QED) is 0.149. The number of fused-ring (bicyclic) bond motifs is 1. The van der Waals surface area contributed by atoms with Gasteiger partial charge in [0, 0.05) is 10.3 Å². The van der Waals surface area contributed by atoms with Gasteiger partial charge in [-0.2, -0.15) is 0 Å². The number of aliphatic hydroxyl groups is 3. The Kier molecular flexibility index (Phi) is 10.3. The minimum absolute atomic E-state index is 0.110. The van der Waals surface area contributed by atoms with Gasteiger partial charge in [0.1, 0.15) is 6.61 Å². The topological polar surface area (TPSA) is 87.0 Å². The maximum absolute atomic E-state index is 11.2. The van der Waals surface area contributed by atoms with Gasteiger partial charge in [-0.05, 0) is 56.4 Å². The SMILES string of the molecule is C=CC(O)(CCCC)CCC[C@@H]1[C@H]2CC(C(I)CC=CC(=O)CO)O[C@H]2C[C@H]1O. The third-order valence-electron chi connectivity index (χ3n) is 6.56. The van der Waals surface area contributed by atoms with Crippen LogP contribution in [0.3, 0.4) is 0 Å². The molecule has 0 aromatic heterocycles. The molecule has 1 saturated heterocycles. The molecule has 2 aliphatic rings. The number of ether oxygens (including phenoxy) is 1. The van der Waals surface area contributed by atoms with Gasteiger partial charge in [-0.25, -0.2) is 0 Å². The molecule has 7 atom stereocenters. The van der Waals surface area contributed by atoms with E-state index in [0.717, 1.165) is 44.9 Å². The maximum atomic E-state index is 11.2. The van der Waals surface area contributed by atoms with Crippen LogP contribution in [0.15, 0.2) is 24.8 Å². The normalized spacial score (nSPS) is 32.2. The highest BCUT2D eigenvalue weighted by atomic mass is 127. The van der Waals surface area contributed by atoms with Crippen LogP contribution in [0.25, 0.3) is 0 Å². The molecule has 3 unspecified atom stereocenters. The predicted octanol–water partition coefficient (Wildman–Crippen LogP) is 3.73. The van der Waals surface area contributed by atoms with Gasteiger partial charge in [-0.3, -0.25) is 4.79 Å². The van der Waals surface area contributed by atoms with Gasteiger partial charge in [0.2, 0.25) is 0 Å². The Morgan fingerprint density at radius 3 is 2.72 bits per heavy atom. The van der Waals surface area contributed by atoms with Crippen molar-refractivity contribution in [1.29, 1.82) is 0 Å². The molecular formula is C23H37IO5. The van der Waals surface area contributed by atoms with Crippen LogP contribution in [0.5, 0.6) is 0 Å². The Labute approximate surface area is 188 Å². The monoisotopic (exact) mass is 520 g/mol. The summed E-state index contributed by atoms with van der Waals surface area (Å²) in [6.45, 7) is 5.48. The second-order valence-electron chi connectivity index (χ2n) is 8.66. The Morgan fingerprint density at radius 2 is 2.07 bits per heavy atom. The average Bonchev–Trinajstić information content (AvgIpc) is 3.24. The first-order valence-corrected chi connectivity index (χ1v) is 12.2. The zero-order valence-electron chi connectivity index (χ0n) is 17.5. The molecule has 0 aromatic carbocycles. The number of alkyl halides is 1. The van der Waals surface area contributed by atoms with Crippen LogP contribution in [0, 0.1) is 11.8 Å². The molecule has 5 nitrogen and oxygen atoms in total. The molecule has 1 saturated carbocycles. The lowest BCUT2D eigenvalue weighted by Crippen LogP contribution is -2.27. The largest absolute Gasteiger partial charge is 0.393 e. The fourth-order valence-electron chi connectivity index (χ4n) is 4.81. The van der Waals surface area contributed by atoms with Gasteiger partial charge in [0.25, 0.3) is 0 Å². The summed E-state index contributed by atoms with van der Waals surface area (Å²) in [7, 11) is 0. The van der Waals surface area contributed by atoms with Crippen LogP contribution in [0.2, 0.25) is 0 Å². The zero-order valence-corrected chi connectivity index (χ0v) is 19.7. The Balaban J connectivity index is 1.83. The van der Waals surface area contributed by atoms with Crippen LogP contribution in [0.4, 0.5) is 0 Å². The summed E-state index contributed by atoms with van der Waals surface area (Å²) in [5, 5.41) is 30.0. The molecule has 0 amide bonds. The lowest BCUT2D eigenvalue weighted by molar-refractivity contribution is -0.117. The van der Waals surface area contributed by atoms with Crippen LogP contribution < -0.4 is 0 Å². The third-order valence-corrected chi connectivity index (χ3v) is 7.87. The van der Waals surface area contributed by atoms with Crippen molar-refractivity contribution in [2.24, 2.45) is 11.8 Å². The molecule has 0 aromatic rings. The van der Waals surface area contributed by atoms with E-state index in [1.54, 1.807) is 6.08 Å². The molecular weight excluding hydrogens is 483 g/mol. The van der Waals surface area contributed by atoms with Crippen LogP contribution in [-0.2, 0) is 9.53 Å². The molecule has 1 aliphatic carbocycles. The molecule has 2 fully saturated rings. The van der Waals surface area contributed by atoms with Crippen LogP contribution >= 0.6 is 22.6 Å². The number of carbonyl (C=O) groups is 1. The number of unbranched alkanes of at least 4 members (excludes halogenated alkanes) is 1. The summed E-state index contributed by atoms with van der Waals surface area (Å²) < 4.78 is 6.51. The van der Waals surface area contributed by atoms with E-state index < -0.39 is 12.2 Å². The lowest BCUT2D eigenvalue weighted by Gasteiger charge is -2.27. The Hall–Kier alpha value is -0.280. The molecule has 6 heteroatoms. The first-order chi connectivity index (χ1) is 13.8. The first kappa shape index (κ1) is 25.0. The summed E-state index contributed by atoms with van der Waals surface area (Å²) in [5.41, 5.74) is -0.792. The summed E-state index contributed by atoms with van der Waals surface area (Å²) in [4.78, 5) is 11.2. The van der Waals surface area contributed by atoms with E-state index in [-0.39, 0.29) is 33.9 Å². The maximum Gasteiger partial charge on any atom is 0.180 e. The van der Waals surface area contributed by atoms with Gasteiger partial charge in [-0.15, -0.1) is 6.58 Å². The van der Waals surface area contributed by atoms with Crippen molar-refractivity contribution in [1.82, 2.24) is 0 Å². The van der Waals surface area contributed by atoms with E-state index in [9.17, 15) is 15.0 Å². The minimum Gasteiger partial charge on any atom is -0.393 e. The molecule has 0 spiro atoms. The highest BCUT2D eigenvalue weighted by Crippen LogP contribution is 2.47. The standard InChI is InChI=1S/C23H37IO5/c1-3-5-11-23(28,4-2)12-7-9-17-18-13-22(29-21(18)14-20(17)27)19(24)10-6-8-16(26)15-25/h4,6,8,17-22,25,27-28H,2-3,5,7,9-15H2,1H3/t17-,18-,19?,20-,21+,22?,23?/m1/s1. The number of halogens is 1. The molecule has 3 N–H and O–H groups in total. The molecule has 1 heterocycles. The summed E-state index contributed by atoms with van der Waals surface area (Å²) in [6, 6.07) is 0. The molecule has 2 rings (SSSR count). The van der Waals surface area contributed by atoms with Gasteiger partial charge in [0.15, 0.2) is 5.78 Å². The van der Waals surface area contributed by atoms with Gasteiger partial charge in [-0.1, -0.05) is 54.5 Å². The number of allylic oxidation sites excluding steroid dienone is 1. The fraction of sp³-hybridized carbons (Fsp3) is 0.783. The van der Waals surface area contributed by atoms with E-state index >= 15 is 0 Å². The predicted molar refractivity (Wildman–Crippen MR) is 123 cm³/mol. The van der Waals surface area contributed by atoms with E-state index in [1.165, 1.54) is 6.08 Å². The highest BCUT2D eigenvalue weighted by Gasteiger charge is 2.49. The minimum atomic E-state index is -0.792. The number of aliphatic hydroxyl groups excluding tert-OH is 2. The lowest BCUT2D eigenvalue weighted by atomic mass is 9.83. The molecule has 0 radical (unpaired) electrons. The van der Waals surface area contributed by atoms with E-state index in [0.29, 0.717) is 18.8 Å². The second kappa shape index (κ2) is 11.9. The van der Waals surface area contributed by atoms with E-state index in [1.807, 2.05) is 6.08 Å². The number of hydrogen-bond acceptors (Lipinski definition) is 5. The van der Waals surface area contributed by atoms with Gasteiger partial charge in [0.05, 0.1) is 23.9 Å². The summed E-state index contributed by atoms with van der Waals surface area (Å²) >= 11 is 2.38. The third kappa shape index (κ3) is 7.13. The van der Waals surface area contributed by atoms with Crippen molar-refractivity contribution in [2.75, 3.05) is 6.61 Å². The molecule has 29 heavy (non-hydrogen) atoms. The van der Waals surface area contributed by atoms with Crippen molar-refractivity contribution in [3.63, 3.8) is 0 Å². The van der Waals surface area contributed by atoms with Crippen molar-refractivity contribution in [2.45, 2.75) is 92.5 Å². The number of ketones is 1. The van der Waals surface area contributed by atoms with E-state index in [4.69, 9.17) is 9.84 Å². The highest BCUT2D eigenvalue weighted by molar-refractivity contribution is 14.1. The van der Waals surface area contributed by atoms with Crippen molar-refractivity contribution >= 4 is 28.4 Å².